The molecule has 0 fully saturated rings. The van der Waals surface area contributed by atoms with Gasteiger partial charge in [-0.1, -0.05) is 90.8 Å². The third-order valence-electron chi connectivity index (χ3n) is 13.4. The van der Waals surface area contributed by atoms with Crippen LogP contribution in [0.4, 0.5) is 17.1 Å². The quantitative estimate of drug-likeness (QED) is 0.0575. The van der Waals surface area contributed by atoms with Crippen LogP contribution < -0.4 is 30.2 Å². The van der Waals surface area contributed by atoms with Gasteiger partial charge in [0.2, 0.25) is 34.5 Å². The Hall–Kier alpha value is -9.51. The highest BCUT2D eigenvalue weighted by atomic mass is 16.5. The SMILES string of the molecule is [2H]C(C)(C)Oc1ccc(-c2nc(-c3cccc4c3C([2H])([2H])C([2H])([2H])[C@@H]4NC([2H])([2H])C([2H])([2H])C)no2)cc1[N+]#[C-].[2H]C(C)(C)Oc1ccc(-c2nc(-c3cccc4c3C([2H])([2H])C([2H])([2H])[C@]4([2H])NCCC)no2)cc1[N+]#[C-].[2H]C([2H])(C)CN[C@@H]1c2cccc(-c3noc(-c4ccc(OC([2H])(C)C)c([N+]#[C-])c4)n3)c2C([2H])([2H])C1([2H])[2H]. The van der Waals surface area contributed by atoms with E-state index in [0.717, 1.165) is 6.92 Å². The number of fused-ring (bicyclic) bond motifs is 3. The van der Waals surface area contributed by atoms with E-state index in [9.17, 15) is 0 Å². The van der Waals surface area contributed by atoms with Gasteiger partial charge >= 0.3 is 0 Å². The molecule has 12 rings (SSSR count). The summed E-state index contributed by atoms with van der Waals surface area (Å²) in [6, 6.07) is 23.3. The predicted octanol–water partition coefficient (Wildman–Crippen LogP) is 17.2. The summed E-state index contributed by atoms with van der Waals surface area (Å²) < 4.78 is 216. The summed E-state index contributed by atoms with van der Waals surface area (Å²) >= 11 is 0. The Morgan fingerprint density at radius 1 is 0.522 bits per heavy atom. The van der Waals surface area contributed by atoms with Crippen molar-refractivity contribution in [2.75, 3.05) is 19.6 Å². The number of hydrogen-bond acceptors (Lipinski definition) is 15. The second kappa shape index (κ2) is 29.7. The van der Waals surface area contributed by atoms with Crippen LogP contribution in [0, 0.1) is 19.7 Å². The third-order valence-corrected chi connectivity index (χ3v) is 13.4. The fourth-order valence-corrected chi connectivity index (χ4v) is 9.49. The smallest absolute Gasteiger partial charge is 0.256 e. The van der Waals surface area contributed by atoms with Crippen molar-refractivity contribution in [1.29, 1.82) is 0 Å². The van der Waals surface area contributed by atoms with Gasteiger partial charge in [-0.3, -0.25) is 0 Å². The summed E-state index contributed by atoms with van der Waals surface area (Å²) in [6.07, 6.45) is -22.3. The first-order valence-corrected chi connectivity index (χ1v) is 28.4. The zero-order valence-corrected chi connectivity index (χ0v) is 50.6. The van der Waals surface area contributed by atoms with Gasteiger partial charge in [0.1, 0.15) is 17.2 Å². The van der Waals surface area contributed by atoms with Crippen molar-refractivity contribution in [2.24, 2.45) is 0 Å². The van der Waals surface area contributed by atoms with E-state index >= 15 is 0 Å². The zero-order chi connectivity index (χ0) is 83.1. The van der Waals surface area contributed by atoms with Gasteiger partial charge < -0.3 is 43.7 Å². The van der Waals surface area contributed by atoms with Crippen molar-refractivity contribution in [1.82, 2.24) is 46.4 Å². The molecule has 90 heavy (non-hydrogen) atoms. The molecule has 18 heteroatoms. The standard InChI is InChI=1S/3C24H26N4O2/c3*1-5-13-26-20-11-10-17-18(20)7-6-8-19(17)23-27-24(30-28-23)16-9-12-22(29-15(2)3)21(14-16)25-4/h3*6-9,12,14-15,20,26H,5,10-11,13H2,1-3H3/t3*20-/m000/s1/i5D2,10D2,11D2,13D2,15D;10D2,11D2,15D,20D;5D2,10D2,11D2,15D. The number of rotatable bonds is 21. The Morgan fingerprint density at radius 2 is 0.911 bits per heavy atom. The lowest BCUT2D eigenvalue weighted by Gasteiger charge is -2.13. The molecule has 0 saturated carbocycles. The molecule has 18 nitrogen and oxygen atoms in total. The molecule has 462 valence electrons. The van der Waals surface area contributed by atoms with Gasteiger partial charge in [0.05, 0.1) is 43.4 Å². The fourth-order valence-electron chi connectivity index (χ4n) is 9.49. The van der Waals surface area contributed by atoms with Crippen molar-refractivity contribution in [3.05, 3.63) is 177 Å². The molecule has 9 aromatic rings. The minimum Gasteiger partial charge on any atom is -0.502 e. The van der Waals surface area contributed by atoms with E-state index in [1.165, 1.54) is 63.2 Å². The van der Waals surface area contributed by atoms with Gasteiger partial charge in [0, 0.05) is 76.2 Å². The summed E-state index contributed by atoms with van der Waals surface area (Å²) in [4.78, 5) is 23.5. The summed E-state index contributed by atoms with van der Waals surface area (Å²) in [7, 11) is 0. The molecule has 0 aliphatic heterocycles. The fraction of sp³-hybridized carbons (Fsp3) is 0.375. The molecule has 3 heterocycles. The largest absolute Gasteiger partial charge is 0.502 e. The zero-order valence-electron chi connectivity index (χ0n) is 72.6. The lowest BCUT2D eigenvalue weighted by molar-refractivity contribution is 0.244. The van der Waals surface area contributed by atoms with Crippen LogP contribution in [0.25, 0.3) is 83.1 Å². The molecule has 0 unspecified atom stereocenters. The van der Waals surface area contributed by atoms with E-state index in [1.807, 2.05) is 6.92 Å². The average molecular weight is 1230 g/mol. The minimum absolute atomic E-state index is 0.00391. The van der Waals surface area contributed by atoms with Crippen LogP contribution in [0.5, 0.6) is 17.2 Å². The molecule has 0 saturated heterocycles. The highest BCUT2D eigenvalue weighted by Gasteiger charge is 2.30. The van der Waals surface area contributed by atoms with Crippen LogP contribution in [-0.2, 0) is 19.1 Å². The molecular formula is C72H78N12O6. The number of benzene rings is 6. The molecule has 3 N–H and O–H groups in total. The second-order valence-corrected chi connectivity index (χ2v) is 20.7. The Kier molecular flexibility index (Phi) is 13.5. The van der Waals surface area contributed by atoms with Crippen molar-refractivity contribution in [2.45, 2.75) is 156 Å². The Labute approximate surface area is 558 Å². The Balaban J connectivity index is 0.000000178. The van der Waals surface area contributed by atoms with Gasteiger partial charge in [0.15, 0.2) is 0 Å². The number of nitrogens with zero attached hydrogens (tertiary/aromatic N) is 9. The van der Waals surface area contributed by atoms with E-state index in [4.69, 9.17) is 77.7 Å². The molecule has 0 radical (unpaired) electrons. The molecule has 3 atom stereocenters. The number of aromatic nitrogens is 6. The Morgan fingerprint density at radius 3 is 1.29 bits per heavy atom. The van der Waals surface area contributed by atoms with Crippen LogP contribution in [0.15, 0.2) is 123 Å². The van der Waals surface area contributed by atoms with Crippen molar-refractivity contribution >= 4 is 17.1 Å². The van der Waals surface area contributed by atoms with E-state index in [2.05, 4.69) is 60.9 Å². The number of hydrogen-bond donors (Lipinski definition) is 3. The molecule has 3 aliphatic rings. The summed E-state index contributed by atoms with van der Waals surface area (Å²) in [6.45, 7) is 33.4. The first-order valence-electron chi connectivity index (χ1n) is 39.4. The van der Waals surface area contributed by atoms with E-state index in [0.29, 0.717) is 35.2 Å². The molecule has 3 aliphatic carbocycles. The van der Waals surface area contributed by atoms with Crippen molar-refractivity contribution in [3.63, 3.8) is 0 Å². The monoisotopic (exact) mass is 1230 g/mol. The molecule has 0 spiro atoms. The summed E-state index contributed by atoms with van der Waals surface area (Å²) in [5, 5.41) is 20.1. The maximum Gasteiger partial charge on any atom is 0.256 e. The molecule has 0 bridgehead atoms. The van der Waals surface area contributed by atoms with Crippen molar-refractivity contribution in [3.8, 4) is 85.8 Å². The van der Waals surface area contributed by atoms with Gasteiger partial charge in [-0.2, -0.15) is 15.0 Å². The van der Waals surface area contributed by atoms with E-state index in [1.54, 1.807) is 94.4 Å². The van der Waals surface area contributed by atoms with E-state index in [-0.39, 0.29) is 121 Å². The average Bonchev–Trinajstić information content (AvgIpc) is 1.53. The summed E-state index contributed by atoms with van der Waals surface area (Å²) in [5.41, 5.74) is 2.92. The van der Waals surface area contributed by atoms with Crippen LogP contribution in [0.2, 0.25) is 0 Å². The first-order chi connectivity index (χ1) is 51.6. The lowest BCUT2D eigenvalue weighted by Crippen LogP contribution is -2.19. The van der Waals surface area contributed by atoms with Gasteiger partial charge in [0.25, 0.3) is 17.7 Å². The van der Waals surface area contributed by atoms with Crippen LogP contribution in [0.3, 0.4) is 0 Å². The normalized spacial score (nSPS) is 23.8. The van der Waals surface area contributed by atoms with Crippen LogP contribution >= 0.6 is 0 Å². The maximum absolute atomic E-state index is 8.91. The van der Waals surface area contributed by atoms with Crippen LogP contribution in [-0.4, -0.2) is 68.2 Å². The lowest BCUT2D eigenvalue weighted by atomic mass is 10.0. The highest BCUT2D eigenvalue weighted by molar-refractivity contribution is 5.74. The minimum atomic E-state index is -2.68. The Bertz CT molecular complexity index is 5170. The van der Waals surface area contributed by atoms with Gasteiger partial charge in [-0.15, -0.1) is 0 Å². The highest BCUT2D eigenvalue weighted by Crippen LogP contribution is 2.42. The summed E-state index contributed by atoms with van der Waals surface area (Å²) in [5.74, 6) is 0.898. The number of nitrogens with one attached hydrogen (secondary N) is 3. The van der Waals surface area contributed by atoms with Gasteiger partial charge in [-0.25, -0.2) is 14.5 Å². The topological polar surface area (TPSA) is 194 Å². The first kappa shape index (κ1) is 40.9. The molecule has 6 aromatic carbocycles. The van der Waals surface area contributed by atoms with Crippen molar-refractivity contribution < 1.29 is 57.9 Å². The molecular weight excluding hydrogens is 1130 g/mol. The predicted molar refractivity (Wildman–Crippen MR) is 350 cm³/mol. The van der Waals surface area contributed by atoms with E-state index < -0.39 is 93.8 Å². The third kappa shape index (κ3) is 14.6. The van der Waals surface area contributed by atoms with Gasteiger partial charge in [-0.05, 0) is 207 Å². The molecule has 3 aromatic heterocycles. The maximum atomic E-state index is 8.91. The molecule has 0 amide bonds. The van der Waals surface area contributed by atoms with Crippen LogP contribution in [0.1, 0.15) is 182 Å². The second-order valence-electron chi connectivity index (χ2n) is 20.7. The number of ether oxygens (including phenoxy) is 3.